The van der Waals surface area contributed by atoms with Crippen molar-refractivity contribution in [2.45, 2.75) is 39.7 Å². The molecule has 0 atom stereocenters. The molecule has 3 aromatic rings. The normalized spacial score (nSPS) is 15.1. The van der Waals surface area contributed by atoms with Crippen LogP contribution in [-0.4, -0.2) is 29.0 Å². The van der Waals surface area contributed by atoms with Gasteiger partial charge in [-0.2, -0.15) is 0 Å². The second kappa shape index (κ2) is 10.4. The maximum absolute atomic E-state index is 13.2. The number of aromatic nitrogens is 1. The van der Waals surface area contributed by atoms with Crippen molar-refractivity contribution in [3.63, 3.8) is 0 Å². The van der Waals surface area contributed by atoms with E-state index in [1.165, 1.54) is 6.08 Å². The predicted octanol–water partition coefficient (Wildman–Crippen LogP) is 4.92. The number of ether oxygens (including phenoxy) is 1. The SMILES string of the molecule is CCc1ccc(N2C(=O)NC(=O)/C(=C/c3cccn3CCOc3ccccc3C(C)C)C2=O)cc1. The van der Waals surface area contributed by atoms with E-state index in [9.17, 15) is 14.4 Å². The van der Waals surface area contributed by atoms with Crippen LogP contribution < -0.4 is 15.0 Å². The van der Waals surface area contributed by atoms with Crippen LogP contribution >= 0.6 is 0 Å². The summed E-state index contributed by atoms with van der Waals surface area (Å²) in [6.45, 7) is 7.21. The minimum Gasteiger partial charge on any atom is -0.491 e. The summed E-state index contributed by atoms with van der Waals surface area (Å²) in [5, 5.41) is 2.28. The average molecular weight is 472 g/mol. The quantitative estimate of drug-likeness (QED) is 0.374. The number of carbonyl (C=O) groups is 3. The fourth-order valence-corrected chi connectivity index (χ4v) is 4.03. The molecule has 1 aliphatic rings. The van der Waals surface area contributed by atoms with Crippen LogP contribution in [-0.2, 0) is 22.6 Å². The molecule has 0 unspecified atom stereocenters. The zero-order valence-electron chi connectivity index (χ0n) is 20.2. The summed E-state index contributed by atoms with van der Waals surface area (Å²) < 4.78 is 7.93. The van der Waals surface area contributed by atoms with Gasteiger partial charge in [0.05, 0.1) is 12.2 Å². The van der Waals surface area contributed by atoms with Gasteiger partial charge in [-0.25, -0.2) is 9.69 Å². The van der Waals surface area contributed by atoms with Gasteiger partial charge < -0.3 is 9.30 Å². The fourth-order valence-electron chi connectivity index (χ4n) is 4.03. The minimum atomic E-state index is -0.756. The van der Waals surface area contributed by atoms with Gasteiger partial charge in [-0.3, -0.25) is 14.9 Å². The van der Waals surface area contributed by atoms with Gasteiger partial charge in [0.15, 0.2) is 0 Å². The van der Waals surface area contributed by atoms with E-state index >= 15 is 0 Å². The summed E-state index contributed by atoms with van der Waals surface area (Å²) in [5.74, 6) is -0.175. The van der Waals surface area contributed by atoms with Crippen molar-refractivity contribution in [3.05, 3.63) is 89.3 Å². The van der Waals surface area contributed by atoms with Crippen molar-refractivity contribution in [1.29, 1.82) is 0 Å². The van der Waals surface area contributed by atoms with Gasteiger partial charge in [-0.15, -0.1) is 0 Å². The molecule has 1 saturated heterocycles. The van der Waals surface area contributed by atoms with Gasteiger partial charge in [0, 0.05) is 11.9 Å². The number of amides is 4. The first-order valence-electron chi connectivity index (χ1n) is 11.8. The standard InChI is InChI=1S/C28H29N3O4/c1-4-20-11-13-21(14-12-20)31-27(33)24(26(32)29-28(31)34)18-22-8-7-15-30(22)16-17-35-25-10-6-5-9-23(25)19(2)3/h5-15,18-19H,4,16-17H2,1-3H3,(H,29,32,34)/b24-18-. The van der Waals surface area contributed by atoms with Crippen molar-refractivity contribution >= 4 is 29.6 Å². The number of benzene rings is 2. The molecule has 0 saturated carbocycles. The molecule has 1 N–H and O–H groups in total. The number of rotatable bonds is 8. The highest BCUT2D eigenvalue weighted by Gasteiger charge is 2.36. The molecule has 2 heterocycles. The van der Waals surface area contributed by atoms with Crippen LogP contribution in [0.15, 0.2) is 72.4 Å². The maximum Gasteiger partial charge on any atom is 0.335 e. The number of barbiturate groups is 1. The van der Waals surface area contributed by atoms with Crippen LogP contribution in [0.5, 0.6) is 5.75 Å². The Balaban J connectivity index is 1.52. The number of hydrogen-bond acceptors (Lipinski definition) is 4. The molecular weight excluding hydrogens is 442 g/mol. The van der Waals surface area contributed by atoms with Crippen LogP contribution in [0, 0.1) is 0 Å². The van der Waals surface area contributed by atoms with Gasteiger partial charge >= 0.3 is 6.03 Å². The molecule has 180 valence electrons. The Hall–Kier alpha value is -4.13. The number of hydrogen-bond donors (Lipinski definition) is 1. The Bertz CT molecular complexity index is 1270. The summed E-state index contributed by atoms with van der Waals surface area (Å²) >= 11 is 0. The molecule has 0 bridgehead atoms. The predicted molar refractivity (Wildman–Crippen MR) is 135 cm³/mol. The van der Waals surface area contributed by atoms with E-state index in [-0.39, 0.29) is 5.57 Å². The third-order valence-corrected chi connectivity index (χ3v) is 5.99. The molecule has 1 aliphatic heterocycles. The lowest BCUT2D eigenvalue weighted by Crippen LogP contribution is -2.54. The highest BCUT2D eigenvalue weighted by atomic mass is 16.5. The number of imide groups is 2. The Morgan fingerprint density at radius 1 is 0.971 bits per heavy atom. The number of aryl methyl sites for hydroxylation is 1. The molecule has 0 radical (unpaired) electrons. The lowest BCUT2D eigenvalue weighted by atomic mass is 10.0. The molecule has 35 heavy (non-hydrogen) atoms. The van der Waals surface area contributed by atoms with Crippen LogP contribution in [0.4, 0.5) is 10.5 Å². The van der Waals surface area contributed by atoms with Crippen LogP contribution in [0.25, 0.3) is 6.08 Å². The van der Waals surface area contributed by atoms with E-state index in [4.69, 9.17) is 4.74 Å². The molecule has 7 nitrogen and oxygen atoms in total. The van der Waals surface area contributed by atoms with Crippen molar-refractivity contribution < 1.29 is 19.1 Å². The molecule has 0 aliphatic carbocycles. The Kier molecular flexibility index (Phi) is 7.15. The molecule has 2 aromatic carbocycles. The number of anilines is 1. The zero-order chi connectivity index (χ0) is 24.9. The molecule has 7 heteroatoms. The largest absolute Gasteiger partial charge is 0.491 e. The number of nitrogens with one attached hydrogen (secondary N) is 1. The Morgan fingerprint density at radius 3 is 2.43 bits per heavy atom. The van der Waals surface area contributed by atoms with E-state index in [0.717, 1.165) is 28.2 Å². The summed E-state index contributed by atoms with van der Waals surface area (Å²) in [6.07, 6.45) is 4.22. The maximum atomic E-state index is 13.2. The smallest absolute Gasteiger partial charge is 0.335 e. The number of urea groups is 1. The number of nitrogens with zero attached hydrogens (tertiary/aromatic N) is 2. The first-order chi connectivity index (χ1) is 16.9. The summed E-state index contributed by atoms with van der Waals surface area (Å²) in [5.41, 5.74) is 3.20. The van der Waals surface area contributed by atoms with Gasteiger partial charge in [-0.1, -0.05) is 51.1 Å². The van der Waals surface area contributed by atoms with E-state index < -0.39 is 17.8 Å². The second-order valence-corrected chi connectivity index (χ2v) is 8.65. The van der Waals surface area contributed by atoms with Crippen LogP contribution in [0.3, 0.4) is 0 Å². The number of para-hydroxylation sites is 1. The van der Waals surface area contributed by atoms with Crippen molar-refractivity contribution in [2.75, 3.05) is 11.5 Å². The van der Waals surface area contributed by atoms with Crippen molar-refractivity contribution in [2.24, 2.45) is 0 Å². The first kappa shape index (κ1) is 24.0. The summed E-state index contributed by atoms with van der Waals surface area (Å²) in [6, 6.07) is 18.0. The monoisotopic (exact) mass is 471 g/mol. The highest BCUT2D eigenvalue weighted by Crippen LogP contribution is 2.26. The van der Waals surface area contributed by atoms with Crippen LogP contribution in [0.2, 0.25) is 0 Å². The second-order valence-electron chi connectivity index (χ2n) is 8.65. The first-order valence-corrected chi connectivity index (χ1v) is 11.8. The van der Waals surface area contributed by atoms with E-state index in [1.54, 1.807) is 12.1 Å². The molecule has 4 amide bonds. The van der Waals surface area contributed by atoms with Crippen LogP contribution in [0.1, 0.15) is 43.5 Å². The van der Waals surface area contributed by atoms with E-state index in [0.29, 0.717) is 30.5 Å². The summed E-state index contributed by atoms with van der Waals surface area (Å²) in [4.78, 5) is 39.2. The lowest BCUT2D eigenvalue weighted by Gasteiger charge is -2.26. The number of carbonyl (C=O) groups excluding carboxylic acids is 3. The summed E-state index contributed by atoms with van der Waals surface area (Å²) in [7, 11) is 0. The van der Waals surface area contributed by atoms with Gasteiger partial charge in [-0.05, 0) is 59.9 Å². The topological polar surface area (TPSA) is 80.6 Å². The van der Waals surface area contributed by atoms with Gasteiger partial charge in [0.2, 0.25) is 0 Å². The third-order valence-electron chi connectivity index (χ3n) is 5.99. The van der Waals surface area contributed by atoms with Crippen molar-refractivity contribution in [3.8, 4) is 5.75 Å². The Morgan fingerprint density at radius 2 is 1.71 bits per heavy atom. The molecule has 0 spiro atoms. The van der Waals surface area contributed by atoms with Gasteiger partial charge in [0.25, 0.3) is 11.8 Å². The van der Waals surface area contributed by atoms with Crippen molar-refractivity contribution in [1.82, 2.24) is 9.88 Å². The lowest BCUT2D eigenvalue weighted by molar-refractivity contribution is -0.122. The average Bonchev–Trinajstić information content (AvgIpc) is 3.29. The zero-order valence-corrected chi connectivity index (χ0v) is 20.2. The third kappa shape index (κ3) is 5.19. The molecule has 1 aromatic heterocycles. The molecule has 1 fully saturated rings. The Labute approximate surface area is 205 Å². The fraction of sp³-hybridized carbons (Fsp3) is 0.250. The van der Waals surface area contributed by atoms with E-state index in [1.807, 2.05) is 60.2 Å². The minimum absolute atomic E-state index is 0.102. The van der Waals surface area contributed by atoms with Gasteiger partial charge in [0.1, 0.15) is 17.9 Å². The van der Waals surface area contributed by atoms with E-state index in [2.05, 4.69) is 25.2 Å². The molecule has 4 rings (SSSR count). The highest BCUT2D eigenvalue weighted by molar-refractivity contribution is 6.39. The molecular formula is C28H29N3O4.